The lowest BCUT2D eigenvalue weighted by atomic mass is 10.0. The highest BCUT2D eigenvalue weighted by Crippen LogP contribution is 2.38. The largest absolute Gasteiger partial charge is 0.398 e. The maximum absolute atomic E-state index is 12.4. The maximum Gasteiger partial charge on any atom is 0.260 e. The number of benzene rings is 2. The zero-order chi connectivity index (χ0) is 13.4. The molecule has 1 amide bonds. The second kappa shape index (κ2) is 4.28. The molecule has 2 N–H and O–H groups in total. The Morgan fingerprint density at radius 2 is 1.63 bits per heavy atom. The summed E-state index contributed by atoms with van der Waals surface area (Å²) < 4.78 is 0. The molecule has 2 aromatic carbocycles. The van der Waals surface area contributed by atoms with Gasteiger partial charge in [0.25, 0.3) is 5.91 Å². The number of hydrogen-bond acceptors (Lipinski definition) is 2. The van der Waals surface area contributed by atoms with E-state index in [1.807, 2.05) is 54.6 Å². The number of para-hydroxylation sites is 1. The summed E-state index contributed by atoms with van der Waals surface area (Å²) in [5.74, 6) is -0.0532. The summed E-state index contributed by atoms with van der Waals surface area (Å²) in [6.45, 7) is 0. The predicted octanol–water partition coefficient (Wildman–Crippen LogP) is 2.49. The van der Waals surface area contributed by atoms with E-state index in [0.717, 1.165) is 16.8 Å². The molecule has 0 saturated carbocycles. The van der Waals surface area contributed by atoms with Crippen LogP contribution in [0.4, 0.5) is 5.69 Å². The number of nitrogens with zero attached hydrogens (tertiary/aromatic N) is 1. The normalized spacial score (nSPS) is 16.5. The van der Waals surface area contributed by atoms with Crippen molar-refractivity contribution >= 4 is 22.9 Å². The Morgan fingerprint density at radius 3 is 2.37 bits per heavy atom. The Bertz CT molecular complexity index is 674. The summed E-state index contributed by atoms with van der Waals surface area (Å²) in [7, 11) is 1.77. The molecular formula is C16H14N2O. The Morgan fingerprint density at radius 1 is 1.00 bits per heavy atom. The lowest BCUT2D eigenvalue weighted by Gasteiger charge is -2.08. The predicted molar refractivity (Wildman–Crippen MR) is 77.3 cm³/mol. The molecule has 0 spiro atoms. The van der Waals surface area contributed by atoms with Crippen molar-refractivity contribution in [1.82, 2.24) is 0 Å². The highest BCUT2D eigenvalue weighted by atomic mass is 16.2. The number of hydrogen-bond donors (Lipinski definition) is 1. The molecule has 0 saturated heterocycles. The zero-order valence-electron chi connectivity index (χ0n) is 10.6. The molecular weight excluding hydrogens is 236 g/mol. The van der Waals surface area contributed by atoms with E-state index in [2.05, 4.69) is 0 Å². The molecule has 94 valence electrons. The summed E-state index contributed by atoms with van der Waals surface area (Å²) in [6.07, 6.45) is 0. The van der Waals surface area contributed by atoms with Crippen LogP contribution in [0.2, 0.25) is 0 Å². The van der Waals surface area contributed by atoms with E-state index in [1.165, 1.54) is 0 Å². The first-order valence-electron chi connectivity index (χ1n) is 6.13. The number of nitrogens with two attached hydrogens (primary N) is 1. The fraction of sp³-hybridized carbons (Fsp3) is 0.0625. The van der Waals surface area contributed by atoms with Gasteiger partial charge in [0, 0.05) is 12.6 Å². The zero-order valence-corrected chi connectivity index (χ0v) is 10.6. The van der Waals surface area contributed by atoms with Crippen LogP contribution in [0, 0.1) is 0 Å². The molecule has 3 nitrogen and oxygen atoms in total. The highest BCUT2D eigenvalue weighted by molar-refractivity contribution is 6.37. The van der Waals surface area contributed by atoms with Crippen LogP contribution in [0.3, 0.4) is 0 Å². The second-order valence-electron chi connectivity index (χ2n) is 4.54. The quantitative estimate of drug-likeness (QED) is 0.790. The average Bonchev–Trinajstić information content (AvgIpc) is 2.72. The van der Waals surface area contributed by atoms with Crippen molar-refractivity contribution in [3.63, 3.8) is 0 Å². The van der Waals surface area contributed by atoms with Crippen LogP contribution in [-0.2, 0) is 4.79 Å². The Labute approximate surface area is 112 Å². The molecule has 0 radical (unpaired) electrons. The van der Waals surface area contributed by atoms with Crippen molar-refractivity contribution < 1.29 is 4.79 Å². The molecule has 0 bridgehead atoms. The molecule has 3 heteroatoms. The molecule has 0 aromatic heterocycles. The van der Waals surface area contributed by atoms with Gasteiger partial charge in [-0.15, -0.1) is 0 Å². The van der Waals surface area contributed by atoms with Crippen LogP contribution >= 0.6 is 0 Å². The molecule has 0 unspecified atom stereocenters. The van der Waals surface area contributed by atoms with Gasteiger partial charge in [-0.2, -0.15) is 0 Å². The van der Waals surface area contributed by atoms with Gasteiger partial charge in [-0.05, 0) is 11.6 Å². The number of likely N-dealkylation sites (N-methyl/N-ethyl adjacent to an activating group) is 1. The van der Waals surface area contributed by atoms with Gasteiger partial charge in [0.15, 0.2) is 0 Å². The minimum atomic E-state index is -0.0532. The third-order valence-electron chi connectivity index (χ3n) is 3.41. The van der Waals surface area contributed by atoms with Crippen LogP contribution in [0.1, 0.15) is 11.1 Å². The van der Waals surface area contributed by atoms with Crippen molar-refractivity contribution in [3.8, 4) is 0 Å². The van der Waals surface area contributed by atoms with Crippen LogP contribution in [0.5, 0.6) is 0 Å². The van der Waals surface area contributed by atoms with Gasteiger partial charge in [-0.25, -0.2) is 0 Å². The molecule has 1 aliphatic rings. The van der Waals surface area contributed by atoms with Gasteiger partial charge in [0.05, 0.1) is 17.0 Å². The molecule has 19 heavy (non-hydrogen) atoms. The Balaban J connectivity index is 2.23. The van der Waals surface area contributed by atoms with Gasteiger partial charge >= 0.3 is 0 Å². The molecule has 1 heterocycles. The second-order valence-corrected chi connectivity index (χ2v) is 4.54. The number of carbonyl (C=O) groups excluding carboxylic acids is 1. The number of carbonyl (C=O) groups is 1. The van der Waals surface area contributed by atoms with Crippen molar-refractivity contribution in [3.05, 3.63) is 65.7 Å². The molecule has 0 fully saturated rings. The molecule has 0 aliphatic carbocycles. The van der Waals surface area contributed by atoms with Gasteiger partial charge in [0.2, 0.25) is 0 Å². The monoisotopic (exact) mass is 250 g/mol. The van der Waals surface area contributed by atoms with Gasteiger partial charge in [-0.3, -0.25) is 4.79 Å². The number of fused-ring (bicyclic) bond motifs is 1. The van der Waals surface area contributed by atoms with Crippen LogP contribution < -0.4 is 10.6 Å². The minimum Gasteiger partial charge on any atom is -0.398 e. The number of rotatable bonds is 1. The van der Waals surface area contributed by atoms with Crippen LogP contribution in [0.15, 0.2) is 54.6 Å². The van der Waals surface area contributed by atoms with Crippen molar-refractivity contribution in [2.45, 2.75) is 0 Å². The molecule has 2 aromatic rings. The topological polar surface area (TPSA) is 46.3 Å². The van der Waals surface area contributed by atoms with Crippen molar-refractivity contribution in [2.24, 2.45) is 5.73 Å². The number of amides is 1. The van der Waals surface area contributed by atoms with E-state index in [9.17, 15) is 4.79 Å². The van der Waals surface area contributed by atoms with Crippen molar-refractivity contribution in [2.75, 3.05) is 11.9 Å². The summed E-state index contributed by atoms with van der Waals surface area (Å²) >= 11 is 0. The van der Waals surface area contributed by atoms with Crippen LogP contribution in [-0.4, -0.2) is 13.0 Å². The van der Waals surface area contributed by atoms with Gasteiger partial charge in [-0.1, -0.05) is 48.5 Å². The third kappa shape index (κ3) is 1.71. The average molecular weight is 250 g/mol. The Kier molecular flexibility index (Phi) is 2.60. The molecule has 3 rings (SSSR count). The fourth-order valence-electron chi connectivity index (χ4n) is 2.39. The maximum atomic E-state index is 12.4. The van der Waals surface area contributed by atoms with Crippen LogP contribution in [0.25, 0.3) is 11.3 Å². The SMILES string of the molecule is CN1C(=O)/C(=C(\N)c2ccccc2)c2ccccc21. The van der Waals surface area contributed by atoms with E-state index < -0.39 is 0 Å². The lowest BCUT2D eigenvalue weighted by Crippen LogP contribution is -2.21. The molecule has 0 atom stereocenters. The van der Waals surface area contributed by atoms with Gasteiger partial charge in [0.1, 0.15) is 0 Å². The highest BCUT2D eigenvalue weighted by Gasteiger charge is 2.31. The minimum absolute atomic E-state index is 0.0532. The van der Waals surface area contributed by atoms with E-state index in [0.29, 0.717) is 11.3 Å². The lowest BCUT2D eigenvalue weighted by molar-refractivity contribution is -0.112. The van der Waals surface area contributed by atoms with Crippen molar-refractivity contribution in [1.29, 1.82) is 0 Å². The van der Waals surface area contributed by atoms with Gasteiger partial charge < -0.3 is 10.6 Å². The first-order valence-corrected chi connectivity index (χ1v) is 6.13. The smallest absolute Gasteiger partial charge is 0.260 e. The standard InChI is InChI=1S/C16H14N2O/c1-18-13-10-6-5-9-12(13)14(16(18)19)15(17)11-7-3-2-4-8-11/h2-10H,17H2,1H3/b15-14-. The Hall–Kier alpha value is -2.55. The van der Waals surface area contributed by atoms with E-state index in [4.69, 9.17) is 5.73 Å². The van der Waals surface area contributed by atoms with E-state index in [-0.39, 0.29) is 5.91 Å². The summed E-state index contributed by atoms with van der Waals surface area (Å²) in [5, 5.41) is 0. The third-order valence-corrected chi connectivity index (χ3v) is 3.41. The number of anilines is 1. The fourth-order valence-corrected chi connectivity index (χ4v) is 2.39. The van der Waals surface area contributed by atoms with E-state index >= 15 is 0 Å². The first-order chi connectivity index (χ1) is 9.20. The first kappa shape index (κ1) is 11.5. The summed E-state index contributed by atoms with van der Waals surface area (Å²) in [4.78, 5) is 14.0. The summed E-state index contributed by atoms with van der Waals surface area (Å²) in [5.41, 5.74) is 9.99. The van der Waals surface area contributed by atoms with E-state index in [1.54, 1.807) is 11.9 Å². The molecule has 1 aliphatic heterocycles. The summed E-state index contributed by atoms with van der Waals surface area (Å²) in [6, 6.07) is 17.3.